The summed E-state index contributed by atoms with van der Waals surface area (Å²) in [5.74, 6) is -1.20. The van der Waals surface area contributed by atoms with Gasteiger partial charge in [0, 0.05) is 31.4 Å². The first-order valence-corrected chi connectivity index (χ1v) is 6.14. The fraction of sp³-hybridized carbons (Fsp3) is 0.667. The third-order valence-corrected chi connectivity index (χ3v) is 3.39. The molecule has 1 aliphatic heterocycles. The van der Waals surface area contributed by atoms with Crippen LogP contribution in [-0.2, 0) is 23.1 Å². The van der Waals surface area contributed by atoms with Crippen molar-refractivity contribution in [2.75, 3.05) is 19.8 Å². The van der Waals surface area contributed by atoms with Crippen LogP contribution >= 0.6 is 0 Å². The fourth-order valence-corrected chi connectivity index (χ4v) is 2.39. The van der Waals surface area contributed by atoms with E-state index in [0.717, 1.165) is 12.1 Å². The van der Waals surface area contributed by atoms with E-state index >= 15 is 0 Å². The first-order valence-electron chi connectivity index (χ1n) is 6.14. The number of aryl methyl sites for hydroxylation is 1. The van der Waals surface area contributed by atoms with Crippen LogP contribution in [0, 0.1) is 5.92 Å². The highest BCUT2D eigenvalue weighted by Gasteiger charge is 2.37. The third-order valence-electron chi connectivity index (χ3n) is 3.39. The number of carboxylic acids is 1. The Morgan fingerprint density at radius 1 is 1.67 bits per heavy atom. The van der Waals surface area contributed by atoms with Gasteiger partial charge in [0.2, 0.25) is 0 Å². The van der Waals surface area contributed by atoms with Crippen molar-refractivity contribution in [3.8, 4) is 0 Å². The molecule has 0 bridgehead atoms. The van der Waals surface area contributed by atoms with Crippen molar-refractivity contribution in [3.05, 3.63) is 18.0 Å². The highest BCUT2D eigenvalue weighted by molar-refractivity contribution is 5.71. The molecule has 0 saturated carbocycles. The van der Waals surface area contributed by atoms with Crippen molar-refractivity contribution in [1.82, 2.24) is 14.7 Å². The predicted molar refractivity (Wildman–Crippen MR) is 65.0 cm³/mol. The van der Waals surface area contributed by atoms with Gasteiger partial charge in [-0.15, -0.1) is 0 Å². The van der Waals surface area contributed by atoms with Crippen LogP contribution in [0.25, 0.3) is 0 Å². The molecule has 2 rings (SSSR count). The Balaban J connectivity index is 2.06. The normalized spacial score (nSPS) is 23.7. The number of rotatable bonds is 5. The Morgan fingerprint density at radius 2 is 2.44 bits per heavy atom. The van der Waals surface area contributed by atoms with Crippen molar-refractivity contribution < 1.29 is 14.6 Å². The zero-order valence-electron chi connectivity index (χ0n) is 10.7. The lowest BCUT2D eigenvalue weighted by Crippen LogP contribution is -2.42. The molecule has 2 unspecified atom stereocenters. The second kappa shape index (κ2) is 5.49. The molecule has 1 N–H and O–H groups in total. The van der Waals surface area contributed by atoms with Crippen molar-refractivity contribution >= 4 is 5.97 Å². The predicted octanol–water partition coefficient (Wildman–Crippen LogP) is 0.342. The molecule has 1 saturated heterocycles. The number of carbonyl (C=O) groups is 1. The lowest BCUT2D eigenvalue weighted by atomic mass is 10.0. The van der Waals surface area contributed by atoms with Gasteiger partial charge in [-0.2, -0.15) is 5.10 Å². The molecule has 2 atom stereocenters. The van der Waals surface area contributed by atoms with E-state index in [0.29, 0.717) is 19.8 Å². The molecule has 0 aliphatic carbocycles. The van der Waals surface area contributed by atoms with Gasteiger partial charge in [-0.1, -0.05) is 6.92 Å². The summed E-state index contributed by atoms with van der Waals surface area (Å²) in [5.41, 5.74) is 1.09. The van der Waals surface area contributed by atoms with Crippen molar-refractivity contribution in [1.29, 1.82) is 0 Å². The lowest BCUT2D eigenvalue weighted by Gasteiger charge is -2.28. The van der Waals surface area contributed by atoms with Gasteiger partial charge in [0.25, 0.3) is 0 Å². The smallest absolute Gasteiger partial charge is 0.310 e. The van der Waals surface area contributed by atoms with Crippen molar-refractivity contribution in [3.63, 3.8) is 0 Å². The van der Waals surface area contributed by atoms with E-state index in [4.69, 9.17) is 4.74 Å². The summed E-state index contributed by atoms with van der Waals surface area (Å²) in [6.07, 6.45) is 3.77. The van der Waals surface area contributed by atoms with Crippen LogP contribution in [0.4, 0.5) is 0 Å². The van der Waals surface area contributed by atoms with Crippen LogP contribution in [0.2, 0.25) is 0 Å². The Hall–Kier alpha value is -1.40. The average Bonchev–Trinajstić information content (AvgIpc) is 2.94. The summed E-state index contributed by atoms with van der Waals surface area (Å²) in [7, 11) is 1.87. The maximum absolute atomic E-state index is 11.2. The standard InChI is InChI=1S/C12H19N3O3/c1-3-15(6-9-4-13-14(2)5-9)11-8-18-7-10(11)12(16)17/h4-5,10-11H,3,6-8H2,1-2H3,(H,16,17). The topological polar surface area (TPSA) is 67.6 Å². The second-order valence-corrected chi connectivity index (χ2v) is 4.63. The molecular weight excluding hydrogens is 234 g/mol. The number of hydrogen-bond acceptors (Lipinski definition) is 4. The molecule has 1 aromatic rings. The van der Waals surface area contributed by atoms with Gasteiger partial charge in [0.05, 0.1) is 25.3 Å². The first-order chi connectivity index (χ1) is 8.61. The van der Waals surface area contributed by atoms with Crippen LogP contribution in [0.3, 0.4) is 0 Å². The molecule has 1 fully saturated rings. The first kappa shape index (κ1) is 13.0. The van der Waals surface area contributed by atoms with Crippen LogP contribution in [0.15, 0.2) is 12.4 Å². The van der Waals surface area contributed by atoms with E-state index in [1.807, 2.05) is 26.4 Å². The number of nitrogens with zero attached hydrogens (tertiary/aromatic N) is 3. The molecule has 0 aromatic carbocycles. The molecule has 0 radical (unpaired) electrons. The summed E-state index contributed by atoms with van der Waals surface area (Å²) in [6, 6.07) is -0.0484. The van der Waals surface area contributed by atoms with Crippen LogP contribution in [-0.4, -0.2) is 51.6 Å². The van der Waals surface area contributed by atoms with Gasteiger partial charge in [-0.25, -0.2) is 0 Å². The molecule has 100 valence electrons. The number of ether oxygens (including phenoxy) is 1. The molecular formula is C12H19N3O3. The van der Waals surface area contributed by atoms with E-state index in [2.05, 4.69) is 10.00 Å². The number of likely N-dealkylation sites (N-methyl/N-ethyl adjacent to an activating group) is 1. The number of carboxylic acid groups (broad SMARTS) is 1. The summed E-state index contributed by atoms with van der Waals surface area (Å²) in [4.78, 5) is 13.3. The Kier molecular flexibility index (Phi) is 3.98. The maximum Gasteiger partial charge on any atom is 0.310 e. The number of aliphatic carboxylic acids is 1. The van der Waals surface area contributed by atoms with Gasteiger partial charge in [-0.3, -0.25) is 14.4 Å². The van der Waals surface area contributed by atoms with E-state index in [-0.39, 0.29) is 6.04 Å². The molecule has 1 aliphatic rings. The van der Waals surface area contributed by atoms with E-state index < -0.39 is 11.9 Å². The van der Waals surface area contributed by atoms with E-state index in [1.54, 1.807) is 4.68 Å². The molecule has 18 heavy (non-hydrogen) atoms. The van der Waals surface area contributed by atoms with Crippen LogP contribution < -0.4 is 0 Å². The Morgan fingerprint density at radius 3 is 3.00 bits per heavy atom. The minimum Gasteiger partial charge on any atom is -0.481 e. The zero-order chi connectivity index (χ0) is 13.1. The third kappa shape index (κ3) is 2.70. The highest BCUT2D eigenvalue weighted by Crippen LogP contribution is 2.21. The maximum atomic E-state index is 11.2. The van der Waals surface area contributed by atoms with Gasteiger partial charge in [-0.05, 0) is 6.54 Å². The molecule has 1 aromatic heterocycles. The average molecular weight is 253 g/mol. The minimum atomic E-state index is -0.776. The van der Waals surface area contributed by atoms with Gasteiger partial charge < -0.3 is 9.84 Å². The lowest BCUT2D eigenvalue weighted by molar-refractivity contribution is -0.143. The summed E-state index contributed by atoms with van der Waals surface area (Å²) < 4.78 is 7.07. The van der Waals surface area contributed by atoms with Crippen molar-refractivity contribution in [2.24, 2.45) is 13.0 Å². The Bertz CT molecular complexity index is 418. The second-order valence-electron chi connectivity index (χ2n) is 4.63. The van der Waals surface area contributed by atoms with E-state index in [9.17, 15) is 9.90 Å². The largest absolute Gasteiger partial charge is 0.481 e. The monoisotopic (exact) mass is 253 g/mol. The molecule has 2 heterocycles. The number of aromatic nitrogens is 2. The molecule has 0 amide bonds. The van der Waals surface area contributed by atoms with Crippen LogP contribution in [0.1, 0.15) is 12.5 Å². The van der Waals surface area contributed by atoms with E-state index in [1.165, 1.54) is 0 Å². The van der Waals surface area contributed by atoms with Gasteiger partial charge in [0.15, 0.2) is 0 Å². The van der Waals surface area contributed by atoms with Crippen molar-refractivity contribution in [2.45, 2.75) is 19.5 Å². The molecule has 6 heteroatoms. The van der Waals surface area contributed by atoms with Gasteiger partial charge in [0.1, 0.15) is 0 Å². The van der Waals surface area contributed by atoms with Gasteiger partial charge >= 0.3 is 5.97 Å². The summed E-state index contributed by atoms with van der Waals surface area (Å²) in [6.45, 7) is 4.34. The molecule has 0 spiro atoms. The minimum absolute atomic E-state index is 0.0484. The SMILES string of the molecule is CCN(Cc1cnn(C)c1)C1COCC1C(=O)O. The Labute approximate surface area is 106 Å². The van der Waals surface area contributed by atoms with Crippen LogP contribution in [0.5, 0.6) is 0 Å². The quantitative estimate of drug-likeness (QED) is 0.819. The fourth-order valence-electron chi connectivity index (χ4n) is 2.39. The summed E-state index contributed by atoms with van der Waals surface area (Å²) >= 11 is 0. The number of hydrogen-bond donors (Lipinski definition) is 1. The summed E-state index contributed by atoms with van der Waals surface area (Å²) in [5, 5.41) is 13.3. The molecule has 6 nitrogen and oxygen atoms in total. The zero-order valence-corrected chi connectivity index (χ0v) is 10.7. The highest BCUT2D eigenvalue weighted by atomic mass is 16.5.